The van der Waals surface area contributed by atoms with Crippen molar-refractivity contribution < 1.29 is 4.74 Å². The van der Waals surface area contributed by atoms with Gasteiger partial charge >= 0.3 is 0 Å². The SMILES string of the molecule is CSc1ccc(N=O)cc1OCCCCNc1nc(Cl)ncc1Br. The first-order chi connectivity index (χ1) is 11.6. The van der Waals surface area contributed by atoms with Gasteiger partial charge in [-0.05, 0) is 63.9 Å². The van der Waals surface area contributed by atoms with Crippen molar-refractivity contribution in [3.63, 3.8) is 0 Å². The van der Waals surface area contributed by atoms with Crippen LogP contribution in [0.15, 0.2) is 38.9 Å². The van der Waals surface area contributed by atoms with E-state index in [0.29, 0.717) is 23.9 Å². The van der Waals surface area contributed by atoms with Crippen molar-refractivity contribution in [2.24, 2.45) is 5.18 Å². The maximum absolute atomic E-state index is 10.6. The number of aromatic nitrogens is 2. The first kappa shape index (κ1) is 19.0. The Morgan fingerprint density at radius 1 is 1.42 bits per heavy atom. The number of anilines is 1. The molecule has 0 bridgehead atoms. The Hall–Kier alpha value is -1.38. The van der Waals surface area contributed by atoms with Crippen LogP contribution in [0.5, 0.6) is 5.75 Å². The number of halogens is 2. The summed E-state index contributed by atoms with van der Waals surface area (Å²) in [4.78, 5) is 19.6. The molecule has 128 valence electrons. The molecule has 0 unspecified atom stereocenters. The van der Waals surface area contributed by atoms with Gasteiger partial charge in [-0.15, -0.1) is 16.7 Å². The number of hydrogen-bond donors (Lipinski definition) is 1. The minimum absolute atomic E-state index is 0.206. The quantitative estimate of drug-likeness (QED) is 0.252. The van der Waals surface area contributed by atoms with Gasteiger partial charge in [0.2, 0.25) is 5.28 Å². The Kier molecular flexibility index (Phi) is 7.74. The number of nitrogens with zero attached hydrogens (tertiary/aromatic N) is 3. The maximum Gasteiger partial charge on any atom is 0.224 e. The van der Waals surface area contributed by atoms with Crippen LogP contribution in [-0.2, 0) is 0 Å². The average molecular weight is 432 g/mol. The van der Waals surface area contributed by atoms with Crippen LogP contribution in [0.4, 0.5) is 11.5 Å². The molecule has 0 spiro atoms. The molecule has 24 heavy (non-hydrogen) atoms. The molecule has 0 atom stereocenters. The van der Waals surface area contributed by atoms with Gasteiger partial charge in [-0.1, -0.05) is 0 Å². The van der Waals surface area contributed by atoms with Crippen molar-refractivity contribution in [1.29, 1.82) is 0 Å². The molecule has 2 aromatic rings. The van der Waals surface area contributed by atoms with Crippen molar-refractivity contribution in [2.75, 3.05) is 24.7 Å². The van der Waals surface area contributed by atoms with E-state index in [1.54, 1.807) is 30.1 Å². The highest BCUT2D eigenvalue weighted by atomic mass is 79.9. The third-order valence-corrected chi connectivity index (χ3v) is 4.63. The number of nitroso groups, excluding NO2 is 1. The lowest BCUT2D eigenvalue weighted by molar-refractivity contribution is 0.302. The zero-order valence-corrected chi connectivity index (χ0v) is 16.1. The van der Waals surface area contributed by atoms with Gasteiger partial charge in [0, 0.05) is 23.7 Å². The Balaban J connectivity index is 1.75. The summed E-state index contributed by atoms with van der Waals surface area (Å²) in [6.07, 6.45) is 5.33. The molecule has 1 aromatic heterocycles. The summed E-state index contributed by atoms with van der Waals surface area (Å²) in [5.74, 6) is 1.36. The highest BCUT2D eigenvalue weighted by molar-refractivity contribution is 9.10. The summed E-state index contributed by atoms with van der Waals surface area (Å²) >= 11 is 10.7. The lowest BCUT2D eigenvalue weighted by Gasteiger charge is -2.11. The van der Waals surface area contributed by atoms with Crippen LogP contribution >= 0.6 is 39.3 Å². The van der Waals surface area contributed by atoms with Crippen molar-refractivity contribution in [3.8, 4) is 5.75 Å². The first-order valence-corrected chi connectivity index (χ1v) is 9.59. The predicted molar refractivity (Wildman–Crippen MR) is 102 cm³/mol. The smallest absolute Gasteiger partial charge is 0.224 e. The van der Waals surface area contributed by atoms with E-state index < -0.39 is 0 Å². The summed E-state index contributed by atoms with van der Waals surface area (Å²) in [7, 11) is 0. The third-order valence-electron chi connectivity index (χ3n) is 3.09. The van der Waals surface area contributed by atoms with Crippen LogP contribution in [0.25, 0.3) is 0 Å². The number of rotatable bonds is 9. The molecule has 9 heteroatoms. The second-order valence-electron chi connectivity index (χ2n) is 4.74. The van der Waals surface area contributed by atoms with E-state index in [-0.39, 0.29) is 5.28 Å². The van der Waals surface area contributed by atoms with Gasteiger partial charge in [-0.25, -0.2) is 4.98 Å². The highest BCUT2D eigenvalue weighted by Gasteiger charge is 2.06. The molecule has 6 nitrogen and oxygen atoms in total. The first-order valence-electron chi connectivity index (χ1n) is 7.20. The molecule has 0 amide bonds. The van der Waals surface area contributed by atoms with Gasteiger partial charge in [-0.3, -0.25) is 0 Å². The molecule has 2 rings (SSSR count). The molecular weight excluding hydrogens is 416 g/mol. The summed E-state index contributed by atoms with van der Waals surface area (Å²) in [5, 5.41) is 6.34. The van der Waals surface area contributed by atoms with Crippen LogP contribution < -0.4 is 10.1 Å². The average Bonchev–Trinajstić information content (AvgIpc) is 2.60. The van der Waals surface area contributed by atoms with Gasteiger partial charge in [-0.2, -0.15) is 4.98 Å². The van der Waals surface area contributed by atoms with Crippen molar-refractivity contribution in [2.45, 2.75) is 17.7 Å². The molecule has 1 aromatic carbocycles. The number of nitrogens with one attached hydrogen (secondary N) is 1. The second-order valence-corrected chi connectivity index (χ2v) is 6.78. The molecule has 0 aliphatic carbocycles. The summed E-state index contributed by atoms with van der Waals surface area (Å²) in [5.41, 5.74) is 0.370. The fraction of sp³-hybridized carbons (Fsp3) is 0.333. The summed E-state index contributed by atoms with van der Waals surface area (Å²) in [6.45, 7) is 1.30. The maximum atomic E-state index is 10.6. The van der Waals surface area contributed by atoms with Crippen molar-refractivity contribution in [1.82, 2.24) is 9.97 Å². The number of thioether (sulfide) groups is 1. The van der Waals surface area contributed by atoms with Gasteiger partial charge in [0.15, 0.2) is 0 Å². The van der Waals surface area contributed by atoms with E-state index in [2.05, 4.69) is 36.4 Å². The minimum atomic E-state index is 0.206. The monoisotopic (exact) mass is 430 g/mol. The lowest BCUT2D eigenvalue weighted by Crippen LogP contribution is -2.07. The molecule has 1 heterocycles. The molecule has 0 saturated carbocycles. The van der Waals surface area contributed by atoms with Crippen LogP contribution in [0, 0.1) is 4.91 Å². The highest BCUT2D eigenvalue weighted by Crippen LogP contribution is 2.31. The largest absolute Gasteiger partial charge is 0.492 e. The predicted octanol–water partition coefficient (Wildman–Crippen LogP) is 5.28. The fourth-order valence-electron chi connectivity index (χ4n) is 1.92. The van der Waals surface area contributed by atoms with Gasteiger partial charge in [0.05, 0.1) is 11.1 Å². The van der Waals surface area contributed by atoms with E-state index in [1.165, 1.54) is 0 Å². The summed E-state index contributed by atoms with van der Waals surface area (Å²) in [6, 6.07) is 5.19. The van der Waals surface area contributed by atoms with Crippen molar-refractivity contribution >= 4 is 50.8 Å². The van der Waals surface area contributed by atoms with E-state index in [9.17, 15) is 4.91 Å². The molecule has 0 aliphatic rings. The number of hydrogen-bond acceptors (Lipinski definition) is 7. The van der Waals surface area contributed by atoms with Crippen molar-refractivity contribution in [3.05, 3.63) is 39.1 Å². The third kappa shape index (κ3) is 5.61. The second kappa shape index (κ2) is 9.80. The number of benzene rings is 1. The molecule has 0 fully saturated rings. The minimum Gasteiger partial charge on any atom is -0.492 e. The zero-order chi connectivity index (χ0) is 17.4. The van der Waals surface area contributed by atoms with Gasteiger partial charge < -0.3 is 10.1 Å². The Labute approximate surface area is 157 Å². The topological polar surface area (TPSA) is 76.5 Å². The van der Waals surface area contributed by atoms with E-state index in [4.69, 9.17) is 16.3 Å². The zero-order valence-electron chi connectivity index (χ0n) is 13.0. The van der Waals surface area contributed by atoms with E-state index in [0.717, 1.165) is 28.8 Å². The number of unbranched alkanes of at least 4 members (excludes halogenated alkanes) is 1. The normalized spacial score (nSPS) is 10.5. The van der Waals surface area contributed by atoms with Crippen LogP contribution in [-0.4, -0.2) is 29.4 Å². The molecular formula is C15H16BrClN4O2S. The fourth-order valence-corrected chi connectivity index (χ4v) is 2.91. The van der Waals surface area contributed by atoms with Crippen LogP contribution in [0.1, 0.15) is 12.8 Å². The molecule has 0 saturated heterocycles. The Morgan fingerprint density at radius 3 is 3.00 bits per heavy atom. The van der Waals surface area contributed by atoms with E-state index in [1.807, 2.05) is 12.3 Å². The van der Waals surface area contributed by atoms with E-state index >= 15 is 0 Å². The van der Waals surface area contributed by atoms with Crippen LogP contribution in [0.3, 0.4) is 0 Å². The molecule has 1 N–H and O–H groups in total. The van der Waals surface area contributed by atoms with Crippen LogP contribution in [0.2, 0.25) is 5.28 Å². The standard InChI is InChI=1S/C15H16BrClN4O2S/c1-24-13-5-4-10(21-22)8-12(13)23-7-3-2-6-18-14-11(16)9-19-15(17)20-14/h4-5,8-9H,2-3,6-7H2,1H3,(H,18,19,20). The molecule has 0 radical (unpaired) electrons. The lowest BCUT2D eigenvalue weighted by atomic mass is 10.3. The number of ether oxygens (including phenoxy) is 1. The Bertz CT molecular complexity index is 705. The van der Waals surface area contributed by atoms with Gasteiger partial charge in [0.25, 0.3) is 0 Å². The summed E-state index contributed by atoms with van der Waals surface area (Å²) < 4.78 is 6.53. The Morgan fingerprint density at radius 2 is 2.25 bits per heavy atom. The van der Waals surface area contributed by atoms with Gasteiger partial charge in [0.1, 0.15) is 17.3 Å². The molecule has 0 aliphatic heterocycles.